The molecule has 116 valence electrons. The fourth-order valence-electron chi connectivity index (χ4n) is 3.17. The lowest BCUT2D eigenvalue weighted by Crippen LogP contribution is -2.37. The lowest BCUT2D eigenvalue weighted by atomic mass is 9.84. The van der Waals surface area contributed by atoms with Crippen molar-refractivity contribution in [3.05, 3.63) is 29.3 Å². The van der Waals surface area contributed by atoms with E-state index >= 15 is 0 Å². The van der Waals surface area contributed by atoms with Gasteiger partial charge in [-0.05, 0) is 63.1 Å². The number of anilines is 1. The lowest BCUT2D eigenvalue weighted by molar-refractivity contribution is 0.0922. The van der Waals surface area contributed by atoms with E-state index in [9.17, 15) is 4.79 Å². The van der Waals surface area contributed by atoms with E-state index in [1.165, 1.54) is 24.8 Å². The van der Waals surface area contributed by atoms with Crippen molar-refractivity contribution in [2.24, 2.45) is 5.92 Å². The molecule has 2 rings (SSSR count). The lowest BCUT2D eigenvalue weighted by Gasteiger charge is -2.28. The van der Waals surface area contributed by atoms with Gasteiger partial charge in [0.1, 0.15) is 0 Å². The minimum Gasteiger partial charge on any atom is -0.385 e. The number of hydrogen-bond acceptors (Lipinski definition) is 2. The van der Waals surface area contributed by atoms with E-state index < -0.39 is 0 Å². The highest BCUT2D eigenvalue weighted by Gasteiger charge is 2.22. The Kier molecular flexibility index (Phi) is 5.66. The van der Waals surface area contributed by atoms with Gasteiger partial charge in [0.15, 0.2) is 0 Å². The molecule has 2 N–H and O–H groups in total. The first-order valence-electron chi connectivity index (χ1n) is 8.29. The minimum absolute atomic E-state index is 0.0610. The molecule has 3 heteroatoms. The zero-order chi connectivity index (χ0) is 15.2. The topological polar surface area (TPSA) is 41.1 Å². The number of amides is 1. The molecule has 0 saturated heterocycles. The van der Waals surface area contributed by atoms with E-state index in [0.29, 0.717) is 6.04 Å². The summed E-state index contributed by atoms with van der Waals surface area (Å²) in [7, 11) is 0. The summed E-state index contributed by atoms with van der Waals surface area (Å²) in [6, 6.07) is 6.33. The van der Waals surface area contributed by atoms with Crippen molar-refractivity contribution in [3.8, 4) is 0 Å². The first-order chi connectivity index (χ1) is 10.1. The first-order valence-corrected chi connectivity index (χ1v) is 8.29. The molecule has 0 aliphatic heterocycles. The molecule has 0 heterocycles. The summed E-state index contributed by atoms with van der Waals surface area (Å²) >= 11 is 0. The molecule has 21 heavy (non-hydrogen) atoms. The summed E-state index contributed by atoms with van der Waals surface area (Å²) in [5.74, 6) is 0.917. The molecule has 0 spiro atoms. The van der Waals surface area contributed by atoms with Gasteiger partial charge >= 0.3 is 0 Å². The van der Waals surface area contributed by atoms with Crippen LogP contribution in [0.4, 0.5) is 5.69 Å². The van der Waals surface area contributed by atoms with Crippen LogP contribution in [0.15, 0.2) is 18.2 Å². The van der Waals surface area contributed by atoms with Gasteiger partial charge in [0.25, 0.3) is 5.91 Å². The maximum Gasteiger partial charge on any atom is 0.253 e. The average molecular weight is 288 g/mol. The number of nitrogens with one attached hydrogen (secondary N) is 2. The first kappa shape index (κ1) is 15.9. The molecule has 1 aromatic carbocycles. The fourth-order valence-corrected chi connectivity index (χ4v) is 3.17. The summed E-state index contributed by atoms with van der Waals surface area (Å²) < 4.78 is 0. The van der Waals surface area contributed by atoms with Gasteiger partial charge in [-0.25, -0.2) is 0 Å². The second-order valence-electron chi connectivity index (χ2n) is 6.18. The molecule has 1 aromatic rings. The van der Waals surface area contributed by atoms with E-state index in [-0.39, 0.29) is 5.91 Å². The zero-order valence-corrected chi connectivity index (χ0v) is 13.5. The Morgan fingerprint density at radius 1 is 1.19 bits per heavy atom. The second-order valence-corrected chi connectivity index (χ2v) is 6.18. The summed E-state index contributed by atoms with van der Waals surface area (Å²) in [4.78, 5) is 12.5. The molecule has 1 saturated carbocycles. The van der Waals surface area contributed by atoms with Gasteiger partial charge in [0.05, 0.1) is 5.56 Å². The summed E-state index contributed by atoms with van der Waals surface area (Å²) in [6.45, 7) is 7.19. The van der Waals surface area contributed by atoms with Gasteiger partial charge in [-0.1, -0.05) is 19.4 Å². The van der Waals surface area contributed by atoms with E-state index in [1.54, 1.807) is 0 Å². The number of rotatable bonds is 5. The van der Waals surface area contributed by atoms with Crippen molar-refractivity contribution in [1.82, 2.24) is 5.32 Å². The molecule has 0 unspecified atom stereocenters. The van der Waals surface area contributed by atoms with Crippen LogP contribution in [-0.4, -0.2) is 18.5 Å². The maximum absolute atomic E-state index is 12.5. The van der Waals surface area contributed by atoms with E-state index in [4.69, 9.17) is 0 Å². The van der Waals surface area contributed by atoms with Gasteiger partial charge in [0, 0.05) is 18.3 Å². The number of carbonyl (C=O) groups is 1. The molecular weight excluding hydrogens is 260 g/mol. The fraction of sp³-hybridized carbons (Fsp3) is 0.611. The highest BCUT2D eigenvalue weighted by molar-refractivity contribution is 5.99. The molecule has 1 aliphatic carbocycles. The van der Waals surface area contributed by atoms with Crippen molar-refractivity contribution in [3.63, 3.8) is 0 Å². The Morgan fingerprint density at radius 2 is 1.90 bits per heavy atom. The van der Waals surface area contributed by atoms with E-state index in [2.05, 4.69) is 31.4 Å². The van der Waals surface area contributed by atoms with Crippen molar-refractivity contribution >= 4 is 11.6 Å². The Bertz CT molecular complexity index is 476. The van der Waals surface area contributed by atoms with Crippen LogP contribution in [0.5, 0.6) is 0 Å². The summed E-state index contributed by atoms with van der Waals surface area (Å²) in [5.41, 5.74) is 2.88. The number of carbonyl (C=O) groups excluding carboxylic acids is 1. The highest BCUT2D eigenvalue weighted by Crippen LogP contribution is 2.27. The van der Waals surface area contributed by atoms with Crippen LogP contribution >= 0.6 is 0 Å². The quantitative estimate of drug-likeness (QED) is 0.855. The third-order valence-corrected chi connectivity index (χ3v) is 4.55. The molecule has 1 amide bonds. The Balaban J connectivity index is 2.00. The summed E-state index contributed by atoms with van der Waals surface area (Å²) in [6.07, 6.45) is 5.99. The van der Waals surface area contributed by atoms with Gasteiger partial charge in [-0.15, -0.1) is 0 Å². The van der Waals surface area contributed by atoms with E-state index in [1.807, 2.05) is 18.2 Å². The number of hydrogen-bond donors (Lipinski definition) is 2. The number of benzene rings is 1. The minimum atomic E-state index is 0.0610. The standard InChI is InChI=1S/C18H28N2O/c1-4-14-7-9-15(10-8-14)20-18(21)16-11-6-13(3)12-17(16)19-5-2/h6,11-12,14-15,19H,4-5,7-10H2,1-3H3,(H,20,21). The second kappa shape index (κ2) is 7.48. The Hall–Kier alpha value is -1.51. The monoisotopic (exact) mass is 288 g/mol. The Morgan fingerprint density at radius 3 is 2.52 bits per heavy atom. The third kappa shape index (κ3) is 4.23. The predicted octanol–water partition coefficient (Wildman–Crippen LogP) is 4.13. The predicted molar refractivity (Wildman–Crippen MR) is 88.8 cm³/mol. The molecule has 0 radical (unpaired) electrons. The third-order valence-electron chi connectivity index (χ3n) is 4.55. The van der Waals surface area contributed by atoms with Crippen molar-refractivity contribution in [1.29, 1.82) is 0 Å². The number of aryl methyl sites for hydroxylation is 1. The van der Waals surface area contributed by atoms with Crippen LogP contribution in [0.3, 0.4) is 0 Å². The van der Waals surface area contributed by atoms with Gasteiger partial charge in [-0.3, -0.25) is 4.79 Å². The molecule has 3 nitrogen and oxygen atoms in total. The van der Waals surface area contributed by atoms with Gasteiger partial charge < -0.3 is 10.6 Å². The summed E-state index contributed by atoms with van der Waals surface area (Å²) in [5, 5.41) is 6.51. The molecule has 1 aliphatic rings. The Labute approximate surface area is 128 Å². The molecule has 0 bridgehead atoms. The van der Waals surface area contributed by atoms with Crippen molar-refractivity contribution in [2.45, 2.75) is 58.9 Å². The molecule has 0 atom stereocenters. The van der Waals surface area contributed by atoms with E-state index in [0.717, 1.165) is 36.6 Å². The van der Waals surface area contributed by atoms with Gasteiger partial charge in [0.2, 0.25) is 0 Å². The zero-order valence-electron chi connectivity index (χ0n) is 13.5. The van der Waals surface area contributed by atoms with Crippen molar-refractivity contribution < 1.29 is 4.79 Å². The van der Waals surface area contributed by atoms with Crippen LogP contribution in [-0.2, 0) is 0 Å². The maximum atomic E-state index is 12.5. The van der Waals surface area contributed by atoms with Crippen LogP contribution in [0, 0.1) is 12.8 Å². The van der Waals surface area contributed by atoms with Gasteiger partial charge in [-0.2, -0.15) is 0 Å². The van der Waals surface area contributed by atoms with Crippen molar-refractivity contribution in [2.75, 3.05) is 11.9 Å². The highest BCUT2D eigenvalue weighted by atomic mass is 16.1. The smallest absolute Gasteiger partial charge is 0.253 e. The largest absolute Gasteiger partial charge is 0.385 e. The van der Waals surface area contributed by atoms with Crippen LogP contribution in [0.25, 0.3) is 0 Å². The normalized spacial score (nSPS) is 21.9. The average Bonchev–Trinajstić information content (AvgIpc) is 2.48. The van der Waals surface area contributed by atoms with Crippen LogP contribution < -0.4 is 10.6 Å². The molecular formula is C18H28N2O. The SMILES string of the molecule is CCNc1cc(C)ccc1C(=O)NC1CCC(CC)CC1. The molecule has 0 aromatic heterocycles. The van der Waals surface area contributed by atoms with Crippen LogP contribution in [0.2, 0.25) is 0 Å². The van der Waals surface area contributed by atoms with Crippen LogP contribution in [0.1, 0.15) is 61.9 Å². The molecule has 1 fully saturated rings.